The summed E-state index contributed by atoms with van der Waals surface area (Å²) in [6.45, 7) is 4.51. The highest BCUT2D eigenvalue weighted by atomic mass is 16.5. The Kier molecular flexibility index (Phi) is 5.50. The Morgan fingerprint density at radius 2 is 2.11 bits per heavy atom. The van der Waals surface area contributed by atoms with Crippen molar-refractivity contribution in [2.45, 2.75) is 32.9 Å². The van der Waals surface area contributed by atoms with E-state index in [2.05, 4.69) is 24.4 Å². The molecule has 3 heteroatoms. The van der Waals surface area contributed by atoms with Crippen molar-refractivity contribution in [1.29, 1.82) is 0 Å². The average molecular weight is 259 g/mol. The van der Waals surface area contributed by atoms with Crippen molar-refractivity contribution in [3.63, 3.8) is 0 Å². The molecule has 2 rings (SSSR count). The number of unbranched alkanes of at least 4 members (excludes halogenated alkanes) is 1. The van der Waals surface area contributed by atoms with E-state index >= 15 is 0 Å². The van der Waals surface area contributed by atoms with Crippen molar-refractivity contribution in [1.82, 2.24) is 5.32 Å². The Hall–Kier alpha value is -1.74. The Labute approximate surface area is 114 Å². The van der Waals surface area contributed by atoms with Gasteiger partial charge in [0.05, 0.1) is 19.4 Å². The van der Waals surface area contributed by atoms with Crippen LogP contribution in [0.3, 0.4) is 0 Å². The minimum atomic E-state index is 0.744. The van der Waals surface area contributed by atoms with Crippen LogP contribution in [0.2, 0.25) is 0 Å². The van der Waals surface area contributed by atoms with Gasteiger partial charge in [-0.2, -0.15) is 0 Å². The fourth-order valence-corrected chi connectivity index (χ4v) is 1.82. The van der Waals surface area contributed by atoms with Gasteiger partial charge in [0, 0.05) is 6.54 Å². The second-order valence-electron chi connectivity index (χ2n) is 4.53. The normalized spacial score (nSPS) is 10.6. The first-order valence-electron chi connectivity index (χ1n) is 6.83. The molecule has 0 atom stereocenters. The van der Waals surface area contributed by atoms with Crippen LogP contribution in [-0.4, -0.2) is 6.61 Å². The lowest BCUT2D eigenvalue weighted by Gasteiger charge is -2.08. The number of nitrogens with one attached hydrogen (secondary N) is 1. The van der Waals surface area contributed by atoms with Gasteiger partial charge in [-0.15, -0.1) is 0 Å². The third kappa shape index (κ3) is 4.79. The molecule has 1 aromatic heterocycles. The van der Waals surface area contributed by atoms with Gasteiger partial charge in [-0.3, -0.25) is 0 Å². The lowest BCUT2D eigenvalue weighted by Crippen LogP contribution is -2.12. The molecule has 19 heavy (non-hydrogen) atoms. The van der Waals surface area contributed by atoms with Crippen molar-refractivity contribution in [2.24, 2.45) is 0 Å². The van der Waals surface area contributed by atoms with Crippen LogP contribution < -0.4 is 10.1 Å². The lowest BCUT2D eigenvalue weighted by molar-refractivity contribution is 0.309. The Morgan fingerprint density at radius 3 is 2.89 bits per heavy atom. The zero-order chi connectivity index (χ0) is 13.3. The summed E-state index contributed by atoms with van der Waals surface area (Å²) < 4.78 is 11.0. The number of benzene rings is 1. The predicted octanol–water partition coefficient (Wildman–Crippen LogP) is 3.75. The van der Waals surface area contributed by atoms with Gasteiger partial charge in [-0.1, -0.05) is 25.5 Å². The topological polar surface area (TPSA) is 34.4 Å². The molecule has 0 amide bonds. The van der Waals surface area contributed by atoms with Gasteiger partial charge in [0.15, 0.2) is 0 Å². The van der Waals surface area contributed by atoms with E-state index < -0.39 is 0 Å². The van der Waals surface area contributed by atoms with E-state index in [1.807, 2.05) is 24.3 Å². The van der Waals surface area contributed by atoms with E-state index in [-0.39, 0.29) is 0 Å². The molecule has 1 N–H and O–H groups in total. The third-order valence-electron chi connectivity index (χ3n) is 2.87. The molecule has 3 nitrogen and oxygen atoms in total. The Bertz CT molecular complexity index is 465. The first-order valence-corrected chi connectivity index (χ1v) is 6.83. The van der Waals surface area contributed by atoms with Crippen molar-refractivity contribution in [2.75, 3.05) is 6.61 Å². The molecule has 0 aliphatic rings. The minimum Gasteiger partial charge on any atom is -0.494 e. The Balaban J connectivity index is 1.78. The summed E-state index contributed by atoms with van der Waals surface area (Å²) in [4.78, 5) is 0. The van der Waals surface area contributed by atoms with Gasteiger partial charge in [-0.05, 0) is 36.2 Å². The van der Waals surface area contributed by atoms with Gasteiger partial charge >= 0.3 is 0 Å². The van der Waals surface area contributed by atoms with Gasteiger partial charge in [0.1, 0.15) is 11.5 Å². The van der Waals surface area contributed by atoms with Crippen LogP contribution in [0.1, 0.15) is 31.1 Å². The van der Waals surface area contributed by atoms with E-state index in [4.69, 9.17) is 9.15 Å². The molecule has 0 aliphatic carbocycles. The fourth-order valence-electron chi connectivity index (χ4n) is 1.82. The maximum atomic E-state index is 5.69. The number of hydrogen-bond donors (Lipinski definition) is 1. The molecule has 0 aliphatic heterocycles. The molecule has 0 saturated carbocycles. The molecule has 102 valence electrons. The molecular formula is C16H21NO2. The number of hydrogen-bond acceptors (Lipinski definition) is 3. The summed E-state index contributed by atoms with van der Waals surface area (Å²) in [6.07, 6.45) is 3.95. The van der Waals surface area contributed by atoms with E-state index in [9.17, 15) is 0 Å². The van der Waals surface area contributed by atoms with Crippen LogP contribution in [0.15, 0.2) is 47.1 Å². The molecule has 0 unspecified atom stereocenters. The highest BCUT2D eigenvalue weighted by Crippen LogP contribution is 2.14. The van der Waals surface area contributed by atoms with Crippen molar-refractivity contribution >= 4 is 0 Å². The molecule has 1 heterocycles. The summed E-state index contributed by atoms with van der Waals surface area (Å²) in [5.74, 6) is 1.90. The van der Waals surface area contributed by atoms with E-state index in [1.54, 1.807) is 6.26 Å². The first kappa shape index (κ1) is 13.7. The first-order chi connectivity index (χ1) is 9.38. The van der Waals surface area contributed by atoms with Crippen LogP contribution in [0.5, 0.6) is 5.75 Å². The average Bonchev–Trinajstić information content (AvgIpc) is 2.93. The molecule has 0 spiro atoms. The van der Waals surface area contributed by atoms with Gasteiger partial charge in [0.25, 0.3) is 0 Å². The largest absolute Gasteiger partial charge is 0.494 e. The maximum absolute atomic E-state index is 5.69. The van der Waals surface area contributed by atoms with E-state index in [0.29, 0.717) is 0 Å². The van der Waals surface area contributed by atoms with Crippen LogP contribution >= 0.6 is 0 Å². The number of rotatable bonds is 8. The zero-order valence-electron chi connectivity index (χ0n) is 11.4. The molecule has 1 aromatic carbocycles. The second kappa shape index (κ2) is 7.64. The van der Waals surface area contributed by atoms with E-state index in [1.165, 1.54) is 5.56 Å². The van der Waals surface area contributed by atoms with Crippen LogP contribution in [0.4, 0.5) is 0 Å². The number of furan rings is 1. The quantitative estimate of drug-likeness (QED) is 0.733. The summed E-state index contributed by atoms with van der Waals surface area (Å²) in [5, 5.41) is 3.35. The molecule has 2 aromatic rings. The van der Waals surface area contributed by atoms with E-state index in [0.717, 1.165) is 44.0 Å². The highest BCUT2D eigenvalue weighted by molar-refractivity contribution is 5.28. The Morgan fingerprint density at radius 1 is 1.16 bits per heavy atom. The third-order valence-corrected chi connectivity index (χ3v) is 2.87. The van der Waals surface area contributed by atoms with Gasteiger partial charge < -0.3 is 14.5 Å². The molecule has 0 bridgehead atoms. The van der Waals surface area contributed by atoms with Gasteiger partial charge in [0.2, 0.25) is 0 Å². The zero-order valence-corrected chi connectivity index (χ0v) is 11.4. The smallest absolute Gasteiger partial charge is 0.119 e. The molecule has 0 fully saturated rings. The van der Waals surface area contributed by atoms with Crippen molar-refractivity contribution in [3.8, 4) is 5.75 Å². The second-order valence-corrected chi connectivity index (χ2v) is 4.53. The molecule has 0 radical (unpaired) electrons. The van der Waals surface area contributed by atoms with Crippen LogP contribution in [-0.2, 0) is 13.1 Å². The lowest BCUT2D eigenvalue weighted by atomic mass is 10.2. The molecule has 0 saturated heterocycles. The van der Waals surface area contributed by atoms with Crippen LogP contribution in [0.25, 0.3) is 0 Å². The standard InChI is InChI=1S/C16H21NO2/c1-2-3-9-18-15-7-4-6-14(11-15)12-17-13-16-8-5-10-19-16/h4-8,10-11,17H,2-3,9,12-13H2,1H3. The van der Waals surface area contributed by atoms with Crippen molar-refractivity contribution < 1.29 is 9.15 Å². The highest BCUT2D eigenvalue weighted by Gasteiger charge is 1.98. The predicted molar refractivity (Wildman–Crippen MR) is 76.1 cm³/mol. The summed E-state index contributed by atoms with van der Waals surface area (Å²) in [5.41, 5.74) is 1.22. The van der Waals surface area contributed by atoms with Crippen LogP contribution in [0, 0.1) is 0 Å². The maximum Gasteiger partial charge on any atom is 0.119 e. The summed E-state index contributed by atoms with van der Waals surface area (Å²) in [6, 6.07) is 12.1. The summed E-state index contributed by atoms with van der Waals surface area (Å²) in [7, 11) is 0. The summed E-state index contributed by atoms with van der Waals surface area (Å²) >= 11 is 0. The minimum absolute atomic E-state index is 0.744. The van der Waals surface area contributed by atoms with Crippen molar-refractivity contribution in [3.05, 3.63) is 54.0 Å². The molecular weight excluding hydrogens is 238 g/mol. The SMILES string of the molecule is CCCCOc1cccc(CNCc2ccco2)c1. The van der Waals surface area contributed by atoms with Gasteiger partial charge in [-0.25, -0.2) is 0 Å². The number of ether oxygens (including phenoxy) is 1. The monoisotopic (exact) mass is 259 g/mol. The fraction of sp³-hybridized carbons (Fsp3) is 0.375.